The molecule has 0 bridgehead atoms. The van der Waals surface area contributed by atoms with Gasteiger partial charge in [0.05, 0.1) is 0 Å². The normalized spacial score (nSPS) is 17.0. The van der Waals surface area contributed by atoms with Crippen molar-refractivity contribution in [2.45, 2.75) is 31.7 Å². The van der Waals surface area contributed by atoms with Gasteiger partial charge in [0, 0.05) is 25.4 Å². The molecular formula is C10H20N2S2. The first-order valence-corrected chi connectivity index (χ1v) is 7.05. The second-order valence-corrected chi connectivity index (χ2v) is 5.22. The zero-order valence-electron chi connectivity index (χ0n) is 9.08. The molecule has 1 saturated carbocycles. The molecule has 0 aromatic carbocycles. The predicted molar refractivity (Wildman–Crippen MR) is 69.0 cm³/mol. The fourth-order valence-corrected chi connectivity index (χ4v) is 2.40. The molecule has 0 aromatic rings. The van der Waals surface area contributed by atoms with E-state index in [0.29, 0.717) is 6.04 Å². The van der Waals surface area contributed by atoms with Crippen LogP contribution in [-0.2, 0) is 0 Å². The molecule has 0 saturated heterocycles. The second kappa shape index (κ2) is 6.51. The Balaban J connectivity index is 2.18. The molecule has 14 heavy (non-hydrogen) atoms. The lowest BCUT2D eigenvalue weighted by molar-refractivity contribution is 0.501. The minimum Gasteiger partial charge on any atom is -0.360 e. The Morgan fingerprint density at radius 3 is 2.71 bits per heavy atom. The fourth-order valence-electron chi connectivity index (χ4n) is 1.68. The average molecular weight is 232 g/mol. The monoisotopic (exact) mass is 232 g/mol. The molecule has 1 rings (SSSR count). The highest BCUT2D eigenvalue weighted by molar-refractivity contribution is 7.98. The maximum atomic E-state index is 5.33. The summed E-state index contributed by atoms with van der Waals surface area (Å²) in [5.41, 5.74) is 0. The quantitative estimate of drug-likeness (QED) is 0.746. The van der Waals surface area contributed by atoms with E-state index in [2.05, 4.69) is 23.5 Å². The van der Waals surface area contributed by atoms with Crippen molar-refractivity contribution in [3.63, 3.8) is 0 Å². The van der Waals surface area contributed by atoms with E-state index in [4.69, 9.17) is 12.2 Å². The minimum atomic E-state index is 0.638. The van der Waals surface area contributed by atoms with Gasteiger partial charge in [-0.05, 0) is 31.3 Å². The molecule has 82 valence electrons. The molecule has 1 aliphatic rings. The molecule has 0 unspecified atom stereocenters. The van der Waals surface area contributed by atoms with E-state index >= 15 is 0 Å². The van der Waals surface area contributed by atoms with Crippen molar-refractivity contribution in [3.8, 4) is 0 Å². The predicted octanol–water partition coefficient (Wildman–Crippen LogP) is 2.10. The van der Waals surface area contributed by atoms with Crippen molar-refractivity contribution < 1.29 is 0 Å². The van der Waals surface area contributed by atoms with Gasteiger partial charge in [0.25, 0.3) is 0 Å². The van der Waals surface area contributed by atoms with Crippen LogP contribution >= 0.6 is 24.0 Å². The van der Waals surface area contributed by atoms with Crippen LogP contribution < -0.4 is 5.32 Å². The highest BCUT2D eigenvalue weighted by Crippen LogP contribution is 2.17. The van der Waals surface area contributed by atoms with Crippen LogP contribution in [0.5, 0.6) is 0 Å². The van der Waals surface area contributed by atoms with Gasteiger partial charge in [-0.15, -0.1) is 0 Å². The van der Waals surface area contributed by atoms with Gasteiger partial charge in [-0.2, -0.15) is 11.8 Å². The van der Waals surface area contributed by atoms with Gasteiger partial charge in [0.1, 0.15) is 0 Å². The highest BCUT2D eigenvalue weighted by Gasteiger charge is 2.16. The number of rotatable bonds is 4. The molecule has 1 fully saturated rings. The standard InChI is InChI=1S/C10H20N2S2/c1-12(7-8-14-2)10(13)11-9-5-3-4-6-9/h9H,3-8H2,1-2H3,(H,11,13). The number of hydrogen-bond donors (Lipinski definition) is 1. The van der Waals surface area contributed by atoms with E-state index in [1.54, 1.807) is 0 Å². The Morgan fingerprint density at radius 2 is 2.14 bits per heavy atom. The second-order valence-electron chi connectivity index (χ2n) is 3.85. The third kappa shape index (κ3) is 4.05. The summed E-state index contributed by atoms with van der Waals surface area (Å²) in [5.74, 6) is 1.14. The minimum absolute atomic E-state index is 0.638. The van der Waals surface area contributed by atoms with E-state index in [1.165, 1.54) is 25.7 Å². The lowest BCUT2D eigenvalue weighted by atomic mass is 10.2. The average Bonchev–Trinajstić information content (AvgIpc) is 2.66. The molecule has 0 atom stereocenters. The summed E-state index contributed by atoms with van der Waals surface area (Å²) in [4.78, 5) is 2.14. The van der Waals surface area contributed by atoms with Gasteiger partial charge in [-0.1, -0.05) is 12.8 Å². The topological polar surface area (TPSA) is 15.3 Å². The van der Waals surface area contributed by atoms with E-state index < -0.39 is 0 Å². The summed E-state index contributed by atoms with van der Waals surface area (Å²) in [6.07, 6.45) is 7.41. The zero-order valence-corrected chi connectivity index (χ0v) is 10.7. The summed E-state index contributed by atoms with van der Waals surface area (Å²) in [6, 6.07) is 0.638. The Kier molecular flexibility index (Phi) is 5.63. The van der Waals surface area contributed by atoms with Gasteiger partial charge in [0.15, 0.2) is 5.11 Å². The van der Waals surface area contributed by atoms with Crippen LogP contribution in [0.4, 0.5) is 0 Å². The largest absolute Gasteiger partial charge is 0.360 e. The number of nitrogens with zero attached hydrogens (tertiary/aromatic N) is 1. The lowest BCUT2D eigenvalue weighted by Crippen LogP contribution is -2.42. The summed E-state index contributed by atoms with van der Waals surface area (Å²) >= 11 is 7.19. The molecule has 0 aromatic heterocycles. The first-order chi connectivity index (χ1) is 6.74. The number of hydrogen-bond acceptors (Lipinski definition) is 2. The van der Waals surface area contributed by atoms with Crippen molar-refractivity contribution in [2.75, 3.05) is 25.6 Å². The molecular weight excluding hydrogens is 212 g/mol. The molecule has 0 spiro atoms. The van der Waals surface area contributed by atoms with Crippen LogP contribution in [0.25, 0.3) is 0 Å². The van der Waals surface area contributed by atoms with E-state index in [9.17, 15) is 0 Å². The van der Waals surface area contributed by atoms with Gasteiger partial charge >= 0.3 is 0 Å². The third-order valence-corrected chi connectivity index (χ3v) is 3.68. The summed E-state index contributed by atoms with van der Waals surface area (Å²) in [5, 5.41) is 4.36. The first kappa shape index (κ1) is 12.1. The van der Waals surface area contributed by atoms with Crippen LogP contribution in [0.15, 0.2) is 0 Å². The van der Waals surface area contributed by atoms with E-state index in [0.717, 1.165) is 17.4 Å². The Hall–Kier alpha value is 0.0400. The van der Waals surface area contributed by atoms with Crippen LogP contribution in [-0.4, -0.2) is 41.7 Å². The molecule has 0 radical (unpaired) electrons. The van der Waals surface area contributed by atoms with E-state index in [-0.39, 0.29) is 0 Å². The summed E-state index contributed by atoms with van der Waals surface area (Å²) in [7, 11) is 2.07. The molecule has 0 amide bonds. The van der Waals surface area contributed by atoms with Crippen molar-refractivity contribution >= 4 is 29.1 Å². The van der Waals surface area contributed by atoms with Crippen LogP contribution in [0.1, 0.15) is 25.7 Å². The lowest BCUT2D eigenvalue weighted by Gasteiger charge is -2.23. The van der Waals surface area contributed by atoms with Crippen LogP contribution in [0.2, 0.25) is 0 Å². The van der Waals surface area contributed by atoms with Crippen LogP contribution in [0.3, 0.4) is 0 Å². The van der Waals surface area contributed by atoms with Crippen molar-refractivity contribution in [3.05, 3.63) is 0 Å². The van der Waals surface area contributed by atoms with Gasteiger partial charge in [0.2, 0.25) is 0 Å². The fraction of sp³-hybridized carbons (Fsp3) is 0.900. The van der Waals surface area contributed by atoms with Crippen LogP contribution in [0, 0.1) is 0 Å². The van der Waals surface area contributed by atoms with Crippen molar-refractivity contribution in [1.82, 2.24) is 10.2 Å². The number of thiocarbonyl (C=S) groups is 1. The Labute approximate surface area is 96.8 Å². The maximum Gasteiger partial charge on any atom is 0.168 e. The molecule has 0 aliphatic heterocycles. The Morgan fingerprint density at radius 1 is 1.50 bits per heavy atom. The Bertz CT molecular complexity index is 179. The molecule has 1 N–H and O–H groups in total. The summed E-state index contributed by atoms with van der Waals surface area (Å²) in [6.45, 7) is 1.04. The summed E-state index contributed by atoms with van der Waals surface area (Å²) < 4.78 is 0. The molecule has 1 aliphatic carbocycles. The number of thioether (sulfide) groups is 1. The SMILES string of the molecule is CSCCN(C)C(=S)NC1CCCC1. The smallest absolute Gasteiger partial charge is 0.168 e. The van der Waals surface area contributed by atoms with Crippen molar-refractivity contribution in [2.24, 2.45) is 0 Å². The molecule has 2 nitrogen and oxygen atoms in total. The van der Waals surface area contributed by atoms with E-state index in [1.807, 2.05) is 11.8 Å². The third-order valence-electron chi connectivity index (χ3n) is 2.66. The number of nitrogens with one attached hydrogen (secondary N) is 1. The first-order valence-electron chi connectivity index (χ1n) is 5.24. The maximum absolute atomic E-state index is 5.33. The molecule has 4 heteroatoms. The van der Waals surface area contributed by atoms with Gasteiger partial charge in [-0.3, -0.25) is 0 Å². The highest BCUT2D eigenvalue weighted by atomic mass is 32.2. The van der Waals surface area contributed by atoms with Crippen molar-refractivity contribution in [1.29, 1.82) is 0 Å². The van der Waals surface area contributed by atoms with Gasteiger partial charge < -0.3 is 10.2 Å². The molecule has 0 heterocycles. The van der Waals surface area contributed by atoms with Gasteiger partial charge in [-0.25, -0.2) is 0 Å². The zero-order chi connectivity index (χ0) is 10.4.